The first-order valence-corrected chi connectivity index (χ1v) is 14.1. The number of rotatable bonds is 15. The van der Waals surface area contributed by atoms with Crippen molar-refractivity contribution in [2.24, 2.45) is 0 Å². The number of hydrogen-bond donors (Lipinski definition) is 2. The van der Waals surface area contributed by atoms with Gasteiger partial charge in [0.15, 0.2) is 11.5 Å². The van der Waals surface area contributed by atoms with E-state index in [-0.39, 0.29) is 6.04 Å². The van der Waals surface area contributed by atoms with E-state index in [2.05, 4.69) is 5.32 Å². The second-order valence-corrected chi connectivity index (χ2v) is 10.2. The first-order valence-electron chi connectivity index (χ1n) is 14.1. The normalized spacial score (nSPS) is 13.0. The number of ether oxygens (including phenoxy) is 4. The van der Waals surface area contributed by atoms with Crippen LogP contribution < -0.4 is 19.5 Å². The lowest BCUT2D eigenvalue weighted by molar-refractivity contribution is -0.146. The van der Waals surface area contributed by atoms with Gasteiger partial charge in [-0.3, -0.25) is 10.1 Å². The van der Waals surface area contributed by atoms with Gasteiger partial charge in [-0.1, -0.05) is 78.9 Å². The smallest absolute Gasteiger partial charge is 0.325 e. The van der Waals surface area contributed by atoms with Crippen LogP contribution in [0.3, 0.4) is 0 Å². The van der Waals surface area contributed by atoms with Crippen LogP contribution in [0, 0.1) is 0 Å². The number of aliphatic hydroxyl groups excluding tert-OH is 1. The van der Waals surface area contributed by atoms with Crippen LogP contribution in [0.25, 0.3) is 0 Å². The maximum Gasteiger partial charge on any atom is 0.325 e. The van der Waals surface area contributed by atoms with Gasteiger partial charge in [-0.15, -0.1) is 0 Å². The second kappa shape index (κ2) is 15.6. The molecule has 0 radical (unpaired) electrons. The van der Waals surface area contributed by atoms with Gasteiger partial charge in [0.05, 0.1) is 14.2 Å². The first-order chi connectivity index (χ1) is 20.5. The zero-order chi connectivity index (χ0) is 29.7. The molecule has 0 aliphatic rings. The molecule has 0 aromatic heterocycles. The third kappa shape index (κ3) is 8.83. The molecule has 4 aromatic rings. The number of nitrogens with one attached hydrogen (secondary N) is 1. The summed E-state index contributed by atoms with van der Waals surface area (Å²) in [5, 5.41) is 14.7. The van der Waals surface area contributed by atoms with Gasteiger partial charge in [-0.2, -0.15) is 0 Å². The van der Waals surface area contributed by atoms with Gasteiger partial charge >= 0.3 is 5.97 Å². The molecule has 0 fully saturated rings. The van der Waals surface area contributed by atoms with Crippen LogP contribution in [0.2, 0.25) is 0 Å². The molecule has 0 heterocycles. The standard InChI is InChI=1S/C35H39NO6/c1-25(14-15-26-16-19-30(39-2)20-17-26)36-33(35(38)40-3)34(37)29-18-21-31(41-23-27-10-6-4-7-11-27)32(22-29)42-24-28-12-8-5-9-13-28/h4-13,16-22,25,33-34,36-37H,14-15,23-24H2,1-3H3/t25?,33-,34?/m0/s1. The molecule has 2 unspecified atom stereocenters. The SMILES string of the molecule is COC(=O)[C@@H](NC(C)CCc1ccc(OC)cc1)C(O)c1ccc(OCc2ccccc2)c(OCc2ccccc2)c1. The van der Waals surface area contributed by atoms with Gasteiger partial charge in [0.25, 0.3) is 0 Å². The summed E-state index contributed by atoms with van der Waals surface area (Å²) in [5.74, 6) is 1.28. The van der Waals surface area contributed by atoms with Crippen LogP contribution >= 0.6 is 0 Å². The Morgan fingerprint density at radius 2 is 1.36 bits per heavy atom. The van der Waals surface area contributed by atoms with Crippen molar-refractivity contribution in [3.8, 4) is 17.2 Å². The van der Waals surface area contributed by atoms with Crippen LogP contribution in [-0.4, -0.2) is 37.4 Å². The highest BCUT2D eigenvalue weighted by atomic mass is 16.5. The number of carbonyl (C=O) groups is 1. The van der Waals surface area contributed by atoms with Crippen molar-refractivity contribution in [2.75, 3.05) is 14.2 Å². The third-order valence-corrected chi connectivity index (χ3v) is 7.04. The van der Waals surface area contributed by atoms with E-state index in [1.54, 1.807) is 25.3 Å². The molecule has 0 saturated carbocycles. The summed E-state index contributed by atoms with van der Waals surface area (Å²) in [6, 6.07) is 31.8. The number of carbonyl (C=O) groups excluding carboxylic acids is 1. The Bertz CT molecular complexity index is 1380. The van der Waals surface area contributed by atoms with Crippen LogP contribution in [0.1, 0.15) is 41.7 Å². The van der Waals surface area contributed by atoms with Crippen LogP contribution in [0.4, 0.5) is 0 Å². The molecular formula is C35H39NO6. The summed E-state index contributed by atoms with van der Waals surface area (Å²) in [5.41, 5.74) is 3.69. The maximum absolute atomic E-state index is 12.8. The summed E-state index contributed by atoms with van der Waals surface area (Å²) in [6.07, 6.45) is 0.375. The number of aliphatic hydroxyl groups is 1. The van der Waals surface area contributed by atoms with Gasteiger partial charge in [0, 0.05) is 6.04 Å². The molecule has 0 aliphatic carbocycles. The zero-order valence-corrected chi connectivity index (χ0v) is 24.4. The van der Waals surface area contributed by atoms with Crippen molar-refractivity contribution in [1.82, 2.24) is 5.32 Å². The van der Waals surface area contributed by atoms with Crippen LogP contribution in [0.15, 0.2) is 103 Å². The molecule has 7 heteroatoms. The average Bonchev–Trinajstić information content (AvgIpc) is 3.05. The predicted octanol–water partition coefficient (Wildman–Crippen LogP) is 6.04. The monoisotopic (exact) mass is 569 g/mol. The minimum Gasteiger partial charge on any atom is -0.497 e. The Balaban J connectivity index is 1.49. The Morgan fingerprint density at radius 1 is 0.762 bits per heavy atom. The number of esters is 1. The predicted molar refractivity (Wildman–Crippen MR) is 163 cm³/mol. The van der Waals surface area contributed by atoms with E-state index in [0.29, 0.717) is 30.3 Å². The molecule has 0 amide bonds. The molecule has 4 rings (SSSR count). The van der Waals surface area contributed by atoms with Gasteiger partial charge in [0.2, 0.25) is 0 Å². The Labute approximate surface area is 248 Å². The van der Waals surface area contributed by atoms with E-state index in [1.807, 2.05) is 91.9 Å². The van der Waals surface area contributed by atoms with Crippen molar-refractivity contribution in [3.05, 3.63) is 125 Å². The average molecular weight is 570 g/mol. The quantitative estimate of drug-likeness (QED) is 0.169. The fourth-order valence-electron chi connectivity index (χ4n) is 4.58. The third-order valence-electron chi connectivity index (χ3n) is 7.04. The van der Waals surface area contributed by atoms with Crippen LogP contribution in [-0.2, 0) is 29.2 Å². The summed E-state index contributed by atoms with van der Waals surface area (Å²) in [6.45, 7) is 2.67. The summed E-state index contributed by atoms with van der Waals surface area (Å²) >= 11 is 0. The van der Waals surface area contributed by atoms with E-state index in [0.717, 1.165) is 35.3 Å². The molecule has 0 bridgehead atoms. The topological polar surface area (TPSA) is 86.3 Å². The maximum atomic E-state index is 12.8. The van der Waals surface area contributed by atoms with E-state index < -0.39 is 18.1 Å². The minimum atomic E-state index is -1.18. The fraction of sp³-hybridized carbons (Fsp3) is 0.286. The highest BCUT2D eigenvalue weighted by molar-refractivity contribution is 5.77. The molecule has 0 aliphatic heterocycles. The highest BCUT2D eigenvalue weighted by Crippen LogP contribution is 2.33. The van der Waals surface area contributed by atoms with E-state index in [1.165, 1.54) is 7.11 Å². The molecule has 2 N–H and O–H groups in total. The van der Waals surface area contributed by atoms with Gasteiger partial charge in [0.1, 0.15) is 31.1 Å². The number of methoxy groups -OCH3 is 2. The minimum absolute atomic E-state index is 0.0758. The molecular weight excluding hydrogens is 530 g/mol. The highest BCUT2D eigenvalue weighted by Gasteiger charge is 2.31. The lowest BCUT2D eigenvalue weighted by atomic mass is 9.99. The summed E-state index contributed by atoms with van der Waals surface area (Å²) < 4.78 is 22.6. The van der Waals surface area contributed by atoms with E-state index in [9.17, 15) is 9.90 Å². The Hall–Kier alpha value is -4.33. The Kier molecular flexibility index (Phi) is 11.4. The zero-order valence-electron chi connectivity index (χ0n) is 24.4. The molecule has 7 nitrogen and oxygen atoms in total. The van der Waals surface area contributed by atoms with E-state index >= 15 is 0 Å². The lowest BCUT2D eigenvalue weighted by Gasteiger charge is -2.26. The number of aryl methyl sites for hydroxylation is 1. The second-order valence-electron chi connectivity index (χ2n) is 10.2. The van der Waals surface area contributed by atoms with Crippen molar-refractivity contribution in [1.29, 1.82) is 0 Å². The van der Waals surface area contributed by atoms with Crippen molar-refractivity contribution < 1.29 is 28.8 Å². The summed E-state index contributed by atoms with van der Waals surface area (Å²) in [7, 11) is 2.96. The molecule has 0 saturated heterocycles. The Morgan fingerprint density at radius 3 is 1.93 bits per heavy atom. The van der Waals surface area contributed by atoms with Crippen molar-refractivity contribution >= 4 is 5.97 Å². The largest absolute Gasteiger partial charge is 0.497 e. The van der Waals surface area contributed by atoms with Crippen LogP contribution in [0.5, 0.6) is 17.2 Å². The van der Waals surface area contributed by atoms with E-state index in [4.69, 9.17) is 18.9 Å². The molecule has 3 atom stereocenters. The van der Waals surface area contributed by atoms with Crippen molar-refractivity contribution in [2.45, 2.75) is 51.2 Å². The fourth-order valence-corrected chi connectivity index (χ4v) is 4.58. The van der Waals surface area contributed by atoms with Crippen molar-refractivity contribution in [3.63, 3.8) is 0 Å². The van der Waals surface area contributed by atoms with Gasteiger partial charge in [-0.05, 0) is 66.3 Å². The summed E-state index contributed by atoms with van der Waals surface area (Å²) in [4.78, 5) is 12.8. The molecule has 42 heavy (non-hydrogen) atoms. The van der Waals surface area contributed by atoms with Gasteiger partial charge in [-0.25, -0.2) is 0 Å². The number of benzene rings is 4. The van der Waals surface area contributed by atoms with Gasteiger partial charge < -0.3 is 24.1 Å². The first kappa shape index (κ1) is 30.6. The lowest BCUT2D eigenvalue weighted by Crippen LogP contribution is -2.46. The molecule has 220 valence electrons. The molecule has 4 aromatic carbocycles. The number of hydrogen-bond acceptors (Lipinski definition) is 7. The molecule has 0 spiro atoms.